The summed E-state index contributed by atoms with van der Waals surface area (Å²) in [7, 11) is 0. The van der Waals surface area contributed by atoms with Gasteiger partial charge in [0.05, 0.1) is 17.8 Å². The van der Waals surface area contributed by atoms with Gasteiger partial charge in [-0.25, -0.2) is 0 Å². The molecule has 4 nitrogen and oxygen atoms in total. The van der Waals surface area contributed by atoms with E-state index in [1.54, 1.807) is 0 Å². The number of ether oxygens (including phenoxy) is 2. The largest absolute Gasteiger partial charge is 0.375 e. The van der Waals surface area contributed by atoms with Gasteiger partial charge < -0.3 is 14.8 Å². The average molecular weight is 400 g/mol. The molecule has 0 aliphatic heterocycles. The van der Waals surface area contributed by atoms with Crippen LogP contribution >= 0.6 is 0 Å². The summed E-state index contributed by atoms with van der Waals surface area (Å²) in [5.74, 6) is 0.114. The highest BCUT2D eigenvalue weighted by molar-refractivity contribution is 5.76. The van der Waals surface area contributed by atoms with Gasteiger partial charge in [0.2, 0.25) is 5.91 Å². The Bertz CT molecular complexity index is 451. The monoisotopic (exact) mass is 399 g/mol. The highest BCUT2D eigenvalue weighted by Crippen LogP contribution is 2.34. The van der Waals surface area contributed by atoms with Crippen molar-refractivity contribution in [2.75, 3.05) is 13.2 Å². The average Bonchev–Trinajstić information content (AvgIpc) is 2.57. The maximum absolute atomic E-state index is 12.5. The lowest BCUT2D eigenvalue weighted by molar-refractivity contribution is -0.125. The van der Waals surface area contributed by atoms with Gasteiger partial charge in [0.15, 0.2) is 0 Å². The molecule has 0 spiro atoms. The number of hydrogen-bond acceptors (Lipinski definition) is 3. The lowest BCUT2D eigenvalue weighted by Crippen LogP contribution is -2.47. The summed E-state index contributed by atoms with van der Waals surface area (Å²) < 4.78 is 11.9. The summed E-state index contributed by atoms with van der Waals surface area (Å²) in [6.45, 7) is 22.9. The molecular formula is C24H49NO3. The van der Waals surface area contributed by atoms with Crippen LogP contribution < -0.4 is 5.32 Å². The van der Waals surface area contributed by atoms with E-state index < -0.39 is 0 Å². The van der Waals surface area contributed by atoms with Crippen molar-refractivity contribution < 1.29 is 14.3 Å². The normalized spacial score (nSPS) is 13.6. The quantitative estimate of drug-likeness (QED) is 0.353. The van der Waals surface area contributed by atoms with Crippen molar-refractivity contribution in [3.05, 3.63) is 0 Å². The van der Waals surface area contributed by atoms with Gasteiger partial charge in [-0.05, 0) is 72.6 Å². The maximum Gasteiger partial charge on any atom is 0.220 e. The minimum absolute atomic E-state index is 0.114. The van der Waals surface area contributed by atoms with Crippen molar-refractivity contribution in [1.82, 2.24) is 5.32 Å². The Kier molecular flexibility index (Phi) is 11.3. The first-order valence-corrected chi connectivity index (χ1v) is 11.3. The number of nitrogens with one attached hydrogen (secondary N) is 1. The standard InChI is InChI=1S/C24H49NO3/c1-11-17-27-23(8,9)16-18-28-22(6,7)15-14-20(26)25-21(4,5)19-24(10,12-2)13-3/h11-19H2,1-10H3,(H,25,26). The van der Waals surface area contributed by atoms with E-state index in [0.29, 0.717) is 19.4 Å². The predicted molar refractivity (Wildman–Crippen MR) is 120 cm³/mol. The van der Waals surface area contributed by atoms with Crippen LogP contribution in [0.5, 0.6) is 0 Å². The van der Waals surface area contributed by atoms with Crippen LogP contribution in [-0.4, -0.2) is 35.9 Å². The van der Waals surface area contributed by atoms with Gasteiger partial charge in [0.1, 0.15) is 0 Å². The molecule has 0 aromatic carbocycles. The Balaban J connectivity index is 4.40. The van der Waals surface area contributed by atoms with Crippen molar-refractivity contribution in [3.63, 3.8) is 0 Å². The molecule has 0 aliphatic rings. The van der Waals surface area contributed by atoms with Gasteiger partial charge in [0, 0.05) is 18.6 Å². The van der Waals surface area contributed by atoms with E-state index in [0.717, 1.165) is 38.7 Å². The van der Waals surface area contributed by atoms with Crippen LogP contribution in [0.15, 0.2) is 0 Å². The van der Waals surface area contributed by atoms with E-state index in [4.69, 9.17) is 9.47 Å². The second-order valence-electron chi connectivity index (χ2n) is 10.6. The van der Waals surface area contributed by atoms with Gasteiger partial charge >= 0.3 is 0 Å². The molecule has 0 bridgehead atoms. The molecule has 0 heterocycles. The van der Waals surface area contributed by atoms with Crippen LogP contribution in [0.4, 0.5) is 0 Å². The molecule has 1 N–H and O–H groups in total. The van der Waals surface area contributed by atoms with E-state index in [1.807, 2.05) is 0 Å². The van der Waals surface area contributed by atoms with Crippen molar-refractivity contribution in [2.45, 2.75) is 131 Å². The van der Waals surface area contributed by atoms with Gasteiger partial charge in [-0.3, -0.25) is 4.79 Å². The Morgan fingerprint density at radius 2 is 1.29 bits per heavy atom. The number of carbonyl (C=O) groups excluding carboxylic acids is 1. The van der Waals surface area contributed by atoms with Crippen LogP contribution in [0.2, 0.25) is 0 Å². The van der Waals surface area contributed by atoms with Gasteiger partial charge in [-0.1, -0.05) is 40.5 Å². The fourth-order valence-electron chi connectivity index (χ4n) is 3.56. The fraction of sp³-hybridized carbons (Fsp3) is 0.958. The molecule has 168 valence electrons. The van der Waals surface area contributed by atoms with Crippen LogP contribution in [0.3, 0.4) is 0 Å². The Morgan fingerprint density at radius 3 is 1.79 bits per heavy atom. The second kappa shape index (κ2) is 11.5. The minimum Gasteiger partial charge on any atom is -0.375 e. The first-order valence-electron chi connectivity index (χ1n) is 11.3. The summed E-state index contributed by atoms with van der Waals surface area (Å²) in [6.07, 6.45) is 6.32. The number of amides is 1. The Labute approximate surface area is 175 Å². The van der Waals surface area contributed by atoms with Gasteiger partial charge in [-0.2, -0.15) is 0 Å². The summed E-state index contributed by atoms with van der Waals surface area (Å²) >= 11 is 0. The Hall–Kier alpha value is -0.610. The third kappa shape index (κ3) is 12.1. The minimum atomic E-state index is -0.316. The zero-order chi connectivity index (χ0) is 22.1. The topological polar surface area (TPSA) is 47.6 Å². The maximum atomic E-state index is 12.5. The molecule has 0 saturated carbocycles. The lowest BCUT2D eigenvalue weighted by Gasteiger charge is -2.37. The van der Waals surface area contributed by atoms with Crippen LogP contribution in [0, 0.1) is 5.41 Å². The number of carbonyl (C=O) groups is 1. The molecular weight excluding hydrogens is 350 g/mol. The molecule has 28 heavy (non-hydrogen) atoms. The lowest BCUT2D eigenvalue weighted by atomic mass is 9.74. The molecule has 1 amide bonds. The van der Waals surface area contributed by atoms with Crippen LogP contribution in [0.25, 0.3) is 0 Å². The van der Waals surface area contributed by atoms with Gasteiger partial charge in [-0.15, -0.1) is 0 Å². The van der Waals surface area contributed by atoms with Crippen molar-refractivity contribution in [2.24, 2.45) is 5.41 Å². The third-order valence-electron chi connectivity index (χ3n) is 5.90. The molecule has 0 rings (SSSR count). The molecule has 4 heteroatoms. The first kappa shape index (κ1) is 27.4. The van der Waals surface area contributed by atoms with Crippen LogP contribution in [0.1, 0.15) is 114 Å². The zero-order valence-electron chi connectivity index (χ0n) is 20.6. The van der Waals surface area contributed by atoms with E-state index in [2.05, 4.69) is 74.6 Å². The smallest absolute Gasteiger partial charge is 0.220 e. The van der Waals surface area contributed by atoms with Crippen molar-refractivity contribution >= 4 is 5.91 Å². The zero-order valence-corrected chi connectivity index (χ0v) is 20.6. The van der Waals surface area contributed by atoms with Crippen molar-refractivity contribution in [1.29, 1.82) is 0 Å². The number of rotatable bonds is 15. The molecule has 0 radical (unpaired) electrons. The first-order chi connectivity index (χ1) is 12.7. The molecule has 0 aliphatic carbocycles. The highest BCUT2D eigenvalue weighted by Gasteiger charge is 2.31. The summed E-state index contributed by atoms with van der Waals surface area (Å²) in [6, 6.07) is 0. The SMILES string of the molecule is CCCOC(C)(C)CCOC(C)(C)CCC(=O)NC(C)(C)CC(C)(CC)CC. The highest BCUT2D eigenvalue weighted by atomic mass is 16.5. The summed E-state index contributed by atoms with van der Waals surface area (Å²) in [5.41, 5.74) is -0.405. The molecule has 0 aromatic heterocycles. The molecule has 0 atom stereocenters. The molecule has 0 aromatic rings. The second-order valence-corrected chi connectivity index (χ2v) is 10.6. The third-order valence-corrected chi connectivity index (χ3v) is 5.90. The molecule has 0 unspecified atom stereocenters. The summed E-state index contributed by atoms with van der Waals surface area (Å²) in [5, 5.41) is 3.24. The summed E-state index contributed by atoms with van der Waals surface area (Å²) in [4.78, 5) is 12.5. The van der Waals surface area contributed by atoms with Crippen LogP contribution in [-0.2, 0) is 14.3 Å². The van der Waals surface area contributed by atoms with E-state index >= 15 is 0 Å². The Morgan fingerprint density at radius 1 is 0.786 bits per heavy atom. The van der Waals surface area contributed by atoms with Crippen molar-refractivity contribution in [3.8, 4) is 0 Å². The van der Waals surface area contributed by atoms with Gasteiger partial charge in [0.25, 0.3) is 0 Å². The fourth-order valence-corrected chi connectivity index (χ4v) is 3.56. The van der Waals surface area contributed by atoms with E-state index in [1.165, 1.54) is 0 Å². The molecule has 0 fully saturated rings. The molecule has 0 saturated heterocycles. The predicted octanol–water partition coefficient (Wildman–Crippen LogP) is 6.27. The number of hydrogen-bond donors (Lipinski definition) is 1. The van der Waals surface area contributed by atoms with E-state index in [-0.39, 0.29) is 28.1 Å². The van der Waals surface area contributed by atoms with E-state index in [9.17, 15) is 4.79 Å².